The first kappa shape index (κ1) is 19.4. The number of benzene rings is 2. The lowest BCUT2D eigenvalue weighted by Crippen LogP contribution is -2.26. The van der Waals surface area contributed by atoms with Crippen LogP contribution in [-0.4, -0.2) is 29.2 Å². The molecule has 2 aromatic carbocycles. The molecule has 1 amide bonds. The van der Waals surface area contributed by atoms with Crippen molar-refractivity contribution < 1.29 is 9.53 Å². The van der Waals surface area contributed by atoms with Crippen LogP contribution < -0.4 is 5.32 Å². The van der Waals surface area contributed by atoms with Crippen molar-refractivity contribution in [1.29, 1.82) is 0 Å². The van der Waals surface area contributed by atoms with E-state index in [0.29, 0.717) is 5.56 Å². The van der Waals surface area contributed by atoms with Gasteiger partial charge in [0.2, 0.25) is 0 Å². The van der Waals surface area contributed by atoms with Crippen LogP contribution in [0.15, 0.2) is 60.9 Å². The van der Waals surface area contributed by atoms with Gasteiger partial charge in [-0.2, -0.15) is 0 Å². The van der Waals surface area contributed by atoms with Crippen molar-refractivity contribution in [3.05, 3.63) is 87.9 Å². The van der Waals surface area contributed by atoms with E-state index in [4.69, 9.17) is 27.9 Å². The van der Waals surface area contributed by atoms with E-state index < -0.39 is 6.09 Å². The molecule has 1 aliphatic rings. The standard InChI is InChI=1S/C22H17Cl2N3O2/c23-20-18(21(24)27-13-26-20)10-5-11-25-22(28)29-12-19-16-8-3-1-6-14(16)15-7-2-4-9-17(15)19/h1-10,13,19H,11-12H2,(H,25,28). The fourth-order valence-corrected chi connectivity index (χ4v) is 3.90. The molecule has 1 heterocycles. The van der Waals surface area contributed by atoms with Crippen molar-refractivity contribution in [2.75, 3.05) is 13.2 Å². The van der Waals surface area contributed by atoms with Gasteiger partial charge < -0.3 is 10.1 Å². The van der Waals surface area contributed by atoms with Gasteiger partial charge in [0, 0.05) is 18.0 Å². The number of halogens is 2. The molecule has 7 heteroatoms. The van der Waals surface area contributed by atoms with Crippen LogP contribution in [0.1, 0.15) is 22.6 Å². The number of alkyl carbamates (subject to hydrolysis) is 1. The van der Waals surface area contributed by atoms with E-state index in [0.717, 1.165) is 0 Å². The van der Waals surface area contributed by atoms with Gasteiger partial charge in [0.1, 0.15) is 23.2 Å². The predicted octanol–water partition coefficient (Wildman–Crippen LogP) is 5.34. The zero-order chi connectivity index (χ0) is 20.2. The number of nitrogens with zero attached hydrogens (tertiary/aromatic N) is 2. The van der Waals surface area contributed by atoms with E-state index in [2.05, 4.69) is 39.6 Å². The minimum atomic E-state index is -0.488. The van der Waals surface area contributed by atoms with Gasteiger partial charge in [0.15, 0.2) is 0 Å². The summed E-state index contributed by atoms with van der Waals surface area (Å²) >= 11 is 12.0. The summed E-state index contributed by atoms with van der Waals surface area (Å²) in [6.45, 7) is 0.534. The first-order valence-corrected chi connectivity index (χ1v) is 9.82. The third-order valence-corrected chi connectivity index (χ3v) is 5.38. The van der Waals surface area contributed by atoms with E-state index in [9.17, 15) is 4.79 Å². The van der Waals surface area contributed by atoms with Crippen molar-refractivity contribution in [2.24, 2.45) is 0 Å². The Kier molecular flexibility index (Phi) is 5.79. The first-order chi connectivity index (χ1) is 14.1. The van der Waals surface area contributed by atoms with Crippen molar-refractivity contribution in [1.82, 2.24) is 15.3 Å². The van der Waals surface area contributed by atoms with Crippen LogP contribution in [0.4, 0.5) is 4.79 Å². The molecule has 4 rings (SSSR count). The summed E-state index contributed by atoms with van der Waals surface area (Å²) in [5.41, 5.74) is 5.24. The summed E-state index contributed by atoms with van der Waals surface area (Å²) in [6.07, 6.45) is 4.17. The lowest BCUT2D eigenvalue weighted by Gasteiger charge is -2.14. The summed E-state index contributed by atoms with van der Waals surface area (Å²) in [4.78, 5) is 19.9. The average Bonchev–Trinajstić information content (AvgIpc) is 3.05. The molecule has 5 nitrogen and oxygen atoms in total. The number of ether oxygens (including phenoxy) is 1. The molecule has 0 atom stereocenters. The molecule has 1 aliphatic carbocycles. The average molecular weight is 426 g/mol. The van der Waals surface area contributed by atoms with Crippen LogP contribution in [0.5, 0.6) is 0 Å². The highest BCUT2D eigenvalue weighted by Gasteiger charge is 2.28. The van der Waals surface area contributed by atoms with Crippen molar-refractivity contribution in [3.63, 3.8) is 0 Å². The molecule has 1 N–H and O–H groups in total. The summed E-state index contributed by atoms with van der Waals surface area (Å²) in [7, 11) is 0. The number of nitrogens with one attached hydrogen (secondary N) is 1. The monoisotopic (exact) mass is 425 g/mol. The van der Waals surface area contributed by atoms with Gasteiger partial charge in [-0.25, -0.2) is 14.8 Å². The summed E-state index contributed by atoms with van der Waals surface area (Å²) in [5.74, 6) is 0.0303. The lowest BCUT2D eigenvalue weighted by atomic mass is 9.98. The third kappa shape index (κ3) is 4.11. The number of amides is 1. The highest BCUT2D eigenvalue weighted by Crippen LogP contribution is 2.44. The Balaban J connectivity index is 1.35. The van der Waals surface area contributed by atoms with E-state index in [-0.39, 0.29) is 29.4 Å². The van der Waals surface area contributed by atoms with Gasteiger partial charge in [-0.1, -0.05) is 83.9 Å². The molecule has 0 saturated heterocycles. The second kappa shape index (κ2) is 8.64. The number of carbonyl (C=O) groups excluding carboxylic acids is 1. The van der Waals surface area contributed by atoms with Crippen molar-refractivity contribution in [3.8, 4) is 11.1 Å². The zero-order valence-corrected chi connectivity index (χ0v) is 16.8. The Bertz CT molecular complexity index is 1020. The number of hydrogen-bond acceptors (Lipinski definition) is 4. The topological polar surface area (TPSA) is 64.1 Å². The molecule has 29 heavy (non-hydrogen) atoms. The third-order valence-electron chi connectivity index (χ3n) is 4.78. The Morgan fingerprint density at radius 2 is 1.59 bits per heavy atom. The van der Waals surface area contributed by atoms with E-state index in [1.807, 2.05) is 24.3 Å². The minimum absolute atomic E-state index is 0.0303. The molecule has 0 spiro atoms. The quantitative estimate of drug-likeness (QED) is 0.560. The predicted molar refractivity (Wildman–Crippen MR) is 114 cm³/mol. The Morgan fingerprint density at radius 3 is 2.21 bits per heavy atom. The normalized spacial score (nSPS) is 12.6. The van der Waals surface area contributed by atoms with Gasteiger partial charge in [0.05, 0.1) is 0 Å². The summed E-state index contributed by atoms with van der Waals surface area (Å²) in [5, 5.41) is 3.19. The van der Waals surface area contributed by atoms with E-state index >= 15 is 0 Å². The van der Waals surface area contributed by atoms with Crippen molar-refractivity contribution >= 4 is 35.4 Å². The van der Waals surface area contributed by atoms with Gasteiger partial charge in [0.25, 0.3) is 0 Å². The second-order valence-corrected chi connectivity index (χ2v) is 7.19. The van der Waals surface area contributed by atoms with Gasteiger partial charge in [-0.3, -0.25) is 0 Å². The summed E-state index contributed by atoms with van der Waals surface area (Å²) in [6, 6.07) is 16.4. The second-order valence-electron chi connectivity index (χ2n) is 6.48. The molecular weight excluding hydrogens is 409 g/mol. The highest BCUT2D eigenvalue weighted by atomic mass is 35.5. The van der Waals surface area contributed by atoms with Gasteiger partial charge in [-0.05, 0) is 22.3 Å². The minimum Gasteiger partial charge on any atom is -0.449 e. The molecule has 0 bridgehead atoms. The highest BCUT2D eigenvalue weighted by molar-refractivity contribution is 6.35. The number of rotatable bonds is 5. The molecule has 0 saturated carbocycles. The lowest BCUT2D eigenvalue weighted by molar-refractivity contribution is 0.144. The largest absolute Gasteiger partial charge is 0.449 e. The van der Waals surface area contributed by atoms with Crippen LogP contribution in [0.2, 0.25) is 10.3 Å². The number of fused-ring (bicyclic) bond motifs is 3. The van der Waals surface area contributed by atoms with Gasteiger partial charge in [-0.15, -0.1) is 0 Å². The van der Waals surface area contributed by atoms with Crippen LogP contribution in [0.25, 0.3) is 17.2 Å². The molecular formula is C22H17Cl2N3O2. The number of aromatic nitrogens is 2. The first-order valence-electron chi connectivity index (χ1n) is 9.06. The summed E-state index contributed by atoms with van der Waals surface area (Å²) < 4.78 is 5.48. The molecule has 146 valence electrons. The molecule has 0 radical (unpaired) electrons. The van der Waals surface area contributed by atoms with Crippen LogP contribution in [-0.2, 0) is 4.74 Å². The number of hydrogen-bond donors (Lipinski definition) is 1. The maximum absolute atomic E-state index is 12.1. The van der Waals surface area contributed by atoms with Crippen LogP contribution in [0.3, 0.4) is 0 Å². The Morgan fingerprint density at radius 1 is 1.00 bits per heavy atom. The van der Waals surface area contributed by atoms with Crippen molar-refractivity contribution in [2.45, 2.75) is 5.92 Å². The maximum atomic E-state index is 12.1. The Hall–Kier alpha value is -2.89. The van der Waals surface area contributed by atoms with E-state index in [1.165, 1.54) is 28.6 Å². The van der Waals surface area contributed by atoms with Gasteiger partial charge >= 0.3 is 6.09 Å². The molecule has 0 unspecified atom stereocenters. The molecule has 1 aromatic heterocycles. The fourth-order valence-electron chi connectivity index (χ4n) is 3.46. The fraction of sp³-hybridized carbons (Fsp3) is 0.136. The van der Waals surface area contributed by atoms with Crippen LogP contribution >= 0.6 is 23.2 Å². The molecule has 3 aromatic rings. The molecule has 0 aliphatic heterocycles. The van der Waals surface area contributed by atoms with E-state index in [1.54, 1.807) is 12.2 Å². The maximum Gasteiger partial charge on any atom is 0.407 e. The smallest absolute Gasteiger partial charge is 0.407 e. The molecule has 0 fully saturated rings. The Labute approximate surface area is 178 Å². The zero-order valence-electron chi connectivity index (χ0n) is 15.3. The SMILES string of the molecule is O=C(NCC=Cc1c(Cl)ncnc1Cl)OCC1c2ccccc2-c2ccccc21. The van der Waals surface area contributed by atoms with Crippen LogP contribution in [0, 0.1) is 0 Å². The number of carbonyl (C=O) groups is 1.